The fourth-order valence-corrected chi connectivity index (χ4v) is 2.95. The topological polar surface area (TPSA) is 58.8 Å². The van der Waals surface area contributed by atoms with Crippen LogP contribution in [-0.2, 0) is 11.3 Å². The standard InChI is InChI=1S/C14H17N3O2S/c15-12(20)16-7-14(8-16)9-17(10-14)13(18)19-6-11-4-2-1-3-5-11/h1-5H,6-10H2,(H2,15,20). The Morgan fingerprint density at radius 1 is 1.20 bits per heavy atom. The van der Waals surface area contributed by atoms with Crippen molar-refractivity contribution >= 4 is 23.4 Å². The van der Waals surface area contributed by atoms with Gasteiger partial charge in [-0.15, -0.1) is 0 Å². The summed E-state index contributed by atoms with van der Waals surface area (Å²) in [7, 11) is 0. The van der Waals surface area contributed by atoms with E-state index in [1.54, 1.807) is 4.90 Å². The van der Waals surface area contributed by atoms with Crippen molar-refractivity contribution < 1.29 is 9.53 Å². The molecule has 1 aromatic carbocycles. The first-order valence-electron chi connectivity index (χ1n) is 6.58. The Kier molecular flexibility index (Phi) is 3.25. The number of likely N-dealkylation sites (tertiary alicyclic amines) is 2. The average molecular weight is 291 g/mol. The molecule has 0 radical (unpaired) electrons. The van der Waals surface area contributed by atoms with Gasteiger partial charge in [0.1, 0.15) is 6.61 Å². The summed E-state index contributed by atoms with van der Waals surface area (Å²) >= 11 is 4.92. The van der Waals surface area contributed by atoms with Gasteiger partial charge in [0.05, 0.1) is 0 Å². The lowest BCUT2D eigenvalue weighted by Crippen LogP contribution is -2.74. The molecular weight excluding hydrogens is 274 g/mol. The van der Waals surface area contributed by atoms with Crippen LogP contribution in [0.3, 0.4) is 0 Å². The van der Waals surface area contributed by atoms with Crippen molar-refractivity contribution in [2.45, 2.75) is 6.61 Å². The molecule has 2 heterocycles. The van der Waals surface area contributed by atoms with Gasteiger partial charge in [-0.25, -0.2) is 4.79 Å². The number of carbonyl (C=O) groups excluding carboxylic acids is 1. The van der Waals surface area contributed by atoms with Crippen LogP contribution in [0.25, 0.3) is 0 Å². The molecule has 2 N–H and O–H groups in total. The molecule has 0 saturated carbocycles. The average Bonchev–Trinajstić information content (AvgIpc) is 2.34. The van der Waals surface area contributed by atoms with Gasteiger partial charge in [0, 0.05) is 31.6 Å². The van der Waals surface area contributed by atoms with Gasteiger partial charge in [-0.05, 0) is 17.8 Å². The molecule has 20 heavy (non-hydrogen) atoms. The van der Waals surface area contributed by atoms with Crippen LogP contribution in [0, 0.1) is 5.41 Å². The van der Waals surface area contributed by atoms with Gasteiger partial charge in [0.15, 0.2) is 5.11 Å². The van der Waals surface area contributed by atoms with E-state index in [0.717, 1.165) is 31.7 Å². The molecule has 106 valence electrons. The van der Waals surface area contributed by atoms with Crippen LogP contribution < -0.4 is 5.73 Å². The van der Waals surface area contributed by atoms with Crippen LogP contribution in [0.15, 0.2) is 30.3 Å². The first-order valence-corrected chi connectivity index (χ1v) is 6.99. The molecule has 1 spiro atoms. The van der Waals surface area contributed by atoms with Gasteiger partial charge in [0.2, 0.25) is 0 Å². The highest BCUT2D eigenvalue weighted by atomic mass is 32.1. The van der Waals surface area contributed by atoms with Gasteiger partial charge in [-0.1, -0.05) is 30.3 Å². The minimum atomic E-state index is -0.242. The van der Waals surface area contributed by atoms with Crippen molar-refractivity contribution in [2.75, 3.05) is 26.2 Å². The van der Waals surface area contributed by atoms with Crippen LogP contribution in [0.4, 0.5) is 4.79 Å². The Morgan fingerprint density at radius 3 is 2.40 bits per heavy atom. The van der Waals surface area contributed by atoms with Crippen LogP contribution in [0.2, 0.25) is 0 Å². The second-order valence-corrected chi connectivity index (χ2v) is 6.01. The summed E-state index contributed by atoms with van der Waals surface area (Å²) in [5.41, 5.74) is 6.75. The van der Waals surface area contributed by atoms with E-state index in [1.165, 1.54) is 0 Å². The minimum Gasteiger partial charge on any atom is -0.445 e. The lowest BCUT2D eigenvalue weighted by atomic mass is 9.73. The normalized spacial score (nSPS) is 19.2. The fourth-order valence-electron chi connectivity index (χ4n) is 2.82. The number of amides is 1. The number of thiocarbonyl (C=S) groups is 1. The van der Waals surface area contributed by atoms with E-state index < -0.39 is 0 Å². The van der Waals surface area contributed by atoms with Crippen molar-refractivity contribution in [1.29, 1.82) is 0 Å². The number of hydrogen-bond acceptors (Lipinski definition) is 3. The van der Waals surface area contributed by atoms with Crippen molar-refractivity contribution in [3.8, 4) is 0 Å². The van der Waals surface area contributed by atoms with E-state index in [-0.39, 0.29) is 11.5 Å². The van der Waals surface area contributed by atoms with Crippen molar-refractivity contribution in [3.05, 3.63) is 35.9 Å². The molecule has 1 aromatic rings. The zero-order valence-corrected chi connectivity index (χ0v) is 11.9. The first-order chi connectivity index (χ1) is 9.58. The molecule has 2 aliphatic rings. The molecule has 0 unspecified atom stereocenters. The number of nitrogens with two attached hydrogens (primary N) is 1. The molecular formula is C14H17N3O2S. The quantitative estimate of drug-likeness (QED) is 0.829. The molecule has 0 aromatic heterocycles. The predicted octanol–water partition coefficient (Wildman–Crippen LogP) is 1.18. The zero-order valence-electron chi connectivity index (χ0n) is 11.1. The summed E-state index contributed by atoms with van der Waals surface area (Å²) in [4.78, 5) is 15.6. The third-order valence-corrected chi connectivity index (χ3v) is 4.14. The monoisotopic (exact) mass is 291 g/mol. The van der Waals surface area contributed by atoms with E-state index in [1.807, 2.05) is 35.2 Å². The lowest BCUT2D eigenvalue weighted by molar-refractivity contribution is -0.0780. The number of nitrogens with zero attached hydrogens (tertiary/aromatic N) is 2. The number of carbonyl (C=O) groups is 1. The molecule has 0 atom stereocenters. The molecule has 6 heteroatoms. The highest BCUT2D eigenvalue weighted by Crippen LogP contribution is 2.39. The van der Waals surface area contributed by atoms with Gasteiger partial charge >= 0.3 is 6.09 Å². The molecule has 2 fully saturated rings. The van der Waals surface area contributed by atoms with Crippen LogP contribution in [0.5, 0.6) is 0 Å². The van der Waals surface area contributed by atoms with Crippen LogP contribution >= 0.6 is 12.2 Å². The molecule has 1 amide bonds. The third kappa shape index (κ3) is 2.43. The Labute approximate surface area is 123 Å². The molecule has 3 rings (SSSR count). The Morgan fingerprint density at radius 2 is 1.80 bits per heavy atom. The predicted molar refractivity (Wildman–Crippen MR) is 79.0 cm³/mol. The molecule has 2 saturated heterocycles. The van der Waals surface area contributed by atoms with E-state index in [9.17, 15) is 4.79 Å². The van der Waals surface area contributed by atoms with Crippen molar-refractivity contribution in [2.24, 2.45) is 11.1 Å². The maximum atomic E-state index is 11.9. The van der Waals surface area contributed by atoms with Crippen LogP contribution in [-0.4, -0.2) is 47.2 Å². The maximum absolute atomic E-state index is 11.9. The maximum Gasteiger partial charge on any atom is 0.410 e. The molecule has 2 aliphatic heterocycles. The summed E-state index contributed by atoms with van der Waals surface area (Å²) in [6.07, 6.45) is -0.242. The second-order valence-electron chi connectivity index (χ2n) is 5.59. The van der Waals surface area contributed by atoms with Gasteiger partial charge in [0.25, 0.3) is 0 Å². The largest absolute Gasteiger partial charge is 0.445 e. The minimum absolute atomic E-state index is 0.190. The zero-order chi connectivity index (χ0) is 14.2. The number of ether oxygens (including phenoxy) is 1. The molecule has 5 nitrogen and oxygen atoms in total. The smallest absolute Gasteiger partial charge is 0.410 e. The fraction of sp³-hybridized carbons (Fsp3) is 0.429. The summed E-state index contributed by atoms with van der Waals surface area (Å²) in [5, 5.41) is 0.445. The van der Waals surface area contributed by atoms with E-state index in [2.05, 4.69) is 0 Å². The summed E-state index contributed by atoms with van der Waals surface area (Å²) in [6.45, 7) is 3.50. The number of benzene rings is 1. The third-order valence-electron chi connectivity index (χ3n) is 3.88. The second kappa shape index (κ2) is 4.94. The Bertz CT molecular complexity index is 520. The van der Waals surface area contributed by atoms with Crippen LogP contribution in [0.1, 0.15) is 5.56 Å². The van der Waals surface area contributed by atoms with E-state index >= 15 is 0 Å². The highest BCUT2D eigenvalue weighted by molar-refractivity contribution is 7.80. The first kappa shape index (κ1) is 13.2. The Balaban J connectivity index is 1.42. The number of rotatable bonds is 2. The van der Waals surface area contributed by atoms with Crippen molar-refractivity contribution in [1.82, 2.24) is 9.80 Å². The summed E-state index contributed by atoms with van der Waals surface area (Å²) in [6, 6.07) is 9.68. The van der Waals surface area contributed by atoms with Crippen molar-refractivity contribution in [3.63, 3.8) is 0 Å². The van der Waals surface area contributed by atoms with Gasteiger partial charge in [-0.3, -0.25) is 0 Å². The highest BCUT2D eigenvalue weighted by Gasteiger charge is 2.54. The summed E-state index contributed by atoms with van der Waals surface area (Å²) in [5.74, 6) is 0. The van der Waals surface area contributed by atoms with E-state index in [4.69, 9.17) is 22.7 Å². The van der Waals surface area contributed by atoms with E-state index in [0.29, 0.717) is 11.7 Å². The van der Waals surface area contributed by atoms with Gasteiger partial charge < -0.3 is 20.3 Å². The molecule has 0 aliphatic carbocycles. The lowest BCUT2D eigenvalue weighted by Gasteiger charge is -2.59. The number of hydrogen-bond donors (Lipinski definition) is 1. The SMILES string of the molecule is NC(=S)N1CC2(CN(C(=O)OCc3ccccc3)C2)C1. The Hall–Kier alpha value is -1.82. The van der Waals surface area contributed by atoms with Gasteiger partial charge in [-0.2, -0.15) is 0 Å². The summed E-state index contributed by atoms with van der Waals surface area (Å²) < 4.78 is 5.29. The molecule has 0 bridgehead atoms.